The number of methoxy groups -OCH3 is 1. The minimum atomic E-state index is -0.257. The van der Waals surface area contributed by atoms with Gasteiger partial charge in [0, 0.05) is 19.2 Å². The molecule has 0 bridgehead atoms. The maximum absolute atomic E-state index is 11.6. The van der Waals surface area contributed by atoms with E-state index in [1.54, 1.807) is 31.4 Å². The fraction of sp³-hybridized carbons (Fsp3) is 0.333. The van der Waals surface area contributed by atoms with Gasteiger partial charge in [-0.25, -0.2) is 0 Å². The van der Waals surface area contributed by atoms with E-state index in [1.807, 2.05) is 6.07 Å². The molecule has 1 rings (SSSR count). The summed E-state index contributed by atoms with van der Waals surface area (Å²) in [5.74, 6) is -0.487. The summed E-state index contributed by atoms with van der Waals surface area (Å²) in [6, 6.07) is 8.76. The van der Waals surface area contributed by atoms with Crippen molar-refractivity contribution in [3.8, 4) is 0 Å². The number of carbonyl (C=O) groups is 2. The van der Waals surface area contributed by atoms with E-state index >= 15 is 0 Å². The van der Waals surface area contributed by atoms with Crippen LogP contribution in [0, 0.1) is 0 Å². The van der Waals surface area contributed by atoms with Gasteiger partial charge in [-0.3, -0.25) is 9.59 Å². The molecule has 17 heavy (non-hydrogen) atoms. The van der Waals surface area contributed by atoms with Crippen LogP contribution in [0.4, 0.5) is 0 Å². The first-order chi connectivity index (χ1) is 8.24. The molecular weight excluding hydrogens is 220 g/mol. The molecule has 0 unspecified atom stereocenters. The lowest BCUT2D eigenvalue weighted by Crippen LogP contribution is -2.38. The molecule has 1 aromatic carbocycles. The van der Waals surface area contributed by atoms with Crippen LogP contribution in [-0.4, -0.2) is 38.6 Å². The van der Waals surface area contributed by atoms with Gasteiger partial charge in [0.05, 0.1) is 13.2 Å². The highest BCUT2D eigenvalue weighted by Gasteiger charge is 2.06. The smallest absolute Gasteiger partial charge is 0.251 e. The number of rotatable bonds is 6. The van der Waals surface area contributed by atoms with Crippen molar-refractivity contribution in [3.05, 3.63) is 35.9 Å². The minimum Gasteiger partial charge on any atom is -0.383 e. The number of benzene rings is 1. The van der Waals surface area contributed by atoms with E-state index in [9.17, 15) is 9.59 Å². The first kappa shape index (κ1) is 13.2. The number of hydrogen-bond donors (Lipinski definition) is 2. The second-order valence-electron chi connectivity index (χ2n) is 3.39. The standard InChI is InChI=1S/C12H16N2O3/c1-17-8-7-13-11(15)9-14-12(16)10-5-3-2-4-6-10/h2-6H,7-9H2,1H3,(H,13,15)(H,14,16). The first-order valence-electron chi connectivity index (χ1n) is 5.33. The average molecular weight is 236 g/mol. The van der Waals surface area contributed by atoms with Crippen molar-refractivity contribution in [1.29, 1.82) is 0 Å². The molecule has 2 N–H and O–H groups in total. The highest BCUT2D eigenvalue weighted by molar-refractivity contribution is 5.96. The van der Waals surface area contributed by atoms with E-state index in [4.69, 9.17) is 4.74 Å². The van der Waals surface area contributed by atoms with Crippen molar-refractivity contribution in [3.63, 3.8) is 0 Å². The molecule has 0 aliphatic heterocycles. The van der Waals surface area contributed by atoms with Crippen LogP contribution >= 0.6 is 0 Å². The summed E-state index contributed by atoms with van der Waals surface area (Å²) in [7, 11) is 1.56. The van der Waals surface area contributed by atoms with Crippen LogP contribution in [0.2, 0.25) is 0 Å². The summed E-state index contributed by atoms with van der Waals surface area (Å²) in [5.41, 5.74) is 0.539. The summed E-state index contributed by atoms with van der Waals surface area (Å²) in [5, 5.41) is 5.15. The van der Waals surface area contributed by atoms with Crippen molar-refractivity contribution >= 4 is 11.8 Å². The zero-order valence-electron chi connectivity index (χ0n) is 9.73. The van der Waals surface area contributed by atoms with Gasteiger partial charge in [-0.2, -0.15) is 0 Å². The molecular formula is C12H16N2O3. The Morgan fingerprint density at radius 1 is 1.18 bits per heavy atom. The van der Waals surface area contributed by atoms with Crippen molar-refractivity contribution in [2.75, 3.05) is 26.8 Å². The number of carbonyl (C=O) groups excluding carboxylic acids is 2. The molecule has 0 atom stereocenters. The molecule has 2 amide bonds. The molecule has 92 valence electrons. The minimum absolute atomic E-state index is 0.0303. The van der Waals surface area contributed by atoms with E-state index < -0.39 is 0 Å². The van der Waals surface area contributed by atoms with E-state index in [0.717, 1.165) is 0 Å². The Morgan fingerprint density at radius 2 is 1.88 bits per heavy atom. The van der Waals surface area contributed by atoms with Crippen LogP contribution in [0.15, 0.2) is 30.3 Å². The Kier molecular flexibility index (Phi) is 5.74. The lowest BCUT2D eigenvalue weighted by Gasteiger charge is -2.06. The van der Waals surface area contributed by atoms with Gasteiger partial charge >= 0.3 is 0 Å². The summed E-state index contributed by atoms with van der Waals surface area (Å²) in [4.78, 5) is 22.8. The third-order valence-corrected chi connectivity index (χ3v) is 2.07. The van der Waals surface area contributed by atoms with Crippen LogP contribution in [-0.2, 0) is 9.53 Å². The quantitative estimate of drug-likeness (QED) is 0.692. The van der Waals surface area contributed by atoms with Crippen molar-refractivity contribution in [2.45, 2.75) is 0 Å². The zero-order chi connectivity index (χ0) is 12.5. The molecule has 1 aromatic rings. The van der Waals surface area contributed by atoms with Crippen LogP contribution in [0.25, 0.3) is 0 Å². The SMILES string of the molecule is COCCNC(=O)CNC(=O)c1ccccc1. The topological polar surface area (TPSA) is 67.4 Å². The Balaban J connectivity index is 2.26. The van der Waals surface area contributed by atoms with Crippen molar-refractivity contribution < 1.29 is 14.3 Å². The number of ether oxygens (including phenoxy) is 1. The Labute approximate surface area is 100 Å². The lowest BCUT2D eigenvalue weighted by molar-refractivity contribution is -0.120. The second-order valence-corrected chi connectivity index (χ2v) is 3.39. The molecule has 0 aromatic heterocycles. The summed E-state index contributed by atoms with van der Waals surface area (Å²) in [6.07, 6.45) is 0. The highest BCUT2D eigenvalue weighted by Crippen LogP contribution is 1.96. The molecule has 0 fully saturated rings. The predicted octanol–water partition coefficient (Wildman–Crippen LogP) is 0.179. The maximum Gasteiger partial charge on any atom is 0.251 e. The molecule has 0 aliphatic carbocycles. The van der Waals surface area contributed by atoms with Gasteiger partial charge in [-0.1, -0.05) is 18.2 Å². The highest BCUT2D eigenvalue weighted by atomic mass is 16.5. The zero-order valence-corrected chi connectivity index (χ0v) is 9.73. The van der Waals surface area contributed by atoms with Gasteiger partial charge in [0.1, 0.15) is 0 Å². The largest absolute Gasteiger partial charge is 0.383 e. The van der Waals surface area contributed by atoms with E-state index in [1.165, 1.54) is 0 Å². The number of nitrogens with one attached hydrogen (secondary N) is 2. The Bertz CT molecular complexity index is 365. The fourth-order valence-corrected chi connectivity index (χ4v) is 1.21. The van der Waals surface area contributed by atoms with Gasteiger partial charge in [-0.05, 0) is 12.1 Å². The van der Waals surface area contributed by atoms with Crippen LogP contribution in [0.3, 0.4) is 0 Å². The molecule has 0 heterocycles. The second kappa shape index (κ2) is 7.40. The lowest BCUT2D eigenvalue weighted by atomic mass is 10.2. The maximum atomic E-state index is 11.6. The van der Waals surface area contributed by atoms with Crippen LogP contribution < -0.4 is 10.6 Å². The predicted molar refractivity (Wildman–Crippen MR) is 63.7 cm³/mol. The summed E-state index contributed by atoms with van der Waals surface area (Å²) >= 11 is 0. The molecule has 0 aliphatic rings. The summed E-state index contributed by atoms with van der Waals surface area (Å²) in [6.45, 7) is 0.867. The number of hydrogen-bond acceptors (Lipinski definition) is 3. The Hall–Kier alpha value is -1.88. The van der Waals surface area contributed by atoms with E-state index in [0.29, 0.717) is 18.7 Å². The van der Waals surface area contributed by atoms with Gasteiger partial charge in [0.25, 0.3) is 5.91 Å². The molecule has 0 radical (unpaired) electrons. The van der Waals surface area contributed by atoms with Gasteiger partial charge in [0.15, 0.2) is 0 Å². The van der Waals surface area contributed by atoms with Gasteiger partial charge in [0.2, 0.25) is 5.91 Å². The Morgan fingerprint density at radius 3 is 2.53 bits per heavy atom. The molecule has 0 saturated heterocycles. The number of amides is 2. The third-order valence-electron chi connectivity index (χ3n) is 2.07. The molecule has 5 heteroatoms. The third kappa shape index (κ3) is 5.12. The normalized spacial score (nSPS) is 9.71. The van der Waals surface area contributed by atoms with E-state index in [-0.39, 0.29) is 18.4 Å². The van der Waals surface area contributed by atoms with Crippen molar-refractivity contribution in [2.24, 2.45) is 0 Å². The van der Waals surface area contributed by atoms with Crippen molar-refractivity contribution in [1.82, 2.24) is 10.6 Å². The molecule has 0 saturated carbocycles. The fourth-order valence-electron chi connectivity index (χ4n) is 1.21. The molecule has 0 spiro atoms. The van der Waals surface area contributed by atoms with Gasteiger partial charge in [-0.15, -0.1) is 0 Å². The van der Waals surface area contributed by atoms with E-state index in [2.05, 4.69) is 10.6 Å². The molecule has 5 nitrogen and oxygen atoms in total. The van der Waals surface area contributed by atoms with Crippen LogP contribution in [0.5, 0.6) is 0 Å². The first-order valence-corrected chi connectivity index (χ1v) is 5.33. The van der Waals surface area contributed by atoms with Crippen LogP contribution in [0.1, 0.15) is 10.4 Å². The summed E-state index contributed by atoms with van der Waals surface area (Å²) < 4.78 is 4.79. The van der Waals surface area contributed by atoms with Gasteiger partial charge < -0.3 is 15.4 Å². The average Bonchev–Trinajstić information content (AvgIpc) is 2.37. The monoisotopic (exact) mass is 236 g/mol.